The minimum Gasteiger partial charge on any atom is -0.465 e. The van der Waals surface area contributed by atoms with Crippen LogP contribution in [0, 0.1) is 5.92 Å². The van der Waals surface area contributed by atoms with Crippen LogP contribution in [-0.4, -0.2) is 34.7 Å². The predicted molar refractivity (Wildman–Crippen MR) is 85.4 cm³/mol. The number of hydrogen-bond acceptors (Lipinski definition) is 5. The minimum absolute atomic E-state index is 0.313. The first-order chi connectivity index (χ1) is 10.5. The van der Waals surface area contributed by atoms with Gasteiger partial charge in [0.2, 0.25) is 0 Å². The molecule has 1 aromatic rings. The molecule has 0 radical (unpaired) electrons. The Hall–Kier alpha value is -2.02. The van der Waals surface area contributed by atoms with Gasteiger partial charge < -0.3 is 10.5 Å². The molecule has 2 amide bonds. The van der Waals surface area contributed by atoms with Crippen LogP contribution in [0.5, 0.6) is 0 Å². The zero-order chi connectivity index (χ0) is 16.1. The first-order valence-corrected chi connectivity index (χ1v) is 7.93. The molecule has 1 heterocycles. The molecule has 0 bridgehead atoms. The lowest BCUT2D eigenvalue weighted by molar-refractivity contribution is -0.146. The summed E-state index contributed by atoms with van der Waals surface area (Å²) < 4.78 is 5.08. The highest BCUT2D eigenvalue weighted by atomic mass is 32.2. The molecule has 2 rings (SSSR count). The monoisotopic (exact) mass is 321 g/mol. The fourth-order valence-corrected chi connectivity index (χ4v) is 3.40. The summed E-state index contributed by atoms with van der Waals surface area (Å²) in [6, 6.07) is 8.99. The van der Waals surface area contributed by atoms with E-state index in [1.54, 1.807) is 13.8 Å². The Balaban J connectivity index is 2.22. The molecule has 1 aromatic carbocycles. The van der Waals surface area contributed by atoms with Gasteiger partial charge in [0.25, 0.3) is 0 Å². The van der Waals surface area contributed by atoms with Gasteiger partial charge in [0.15, 0.2) is 0 Å². The van der Waals surface area contributed by atoms with Gasteiger partial charge in [0.1, 0.15) is 5.37 Å². The van der Waals surface area contributed by atoms with Crippen molar-refractivity contribution in [3.8, 4) is 0 Å². The SMILES string of the molecule is CCOC(=O)[C@H]1C[C@@H](Sc2ccccc2)N(C(N)=O)N=C1C. The van der Waals surface area contributed by atoms with E-state index in [-0.39, 0.29) is 11.3 Å². The van der Waals surface area contributed by atoms with Crippen molar-refractivity contribution in [1.29, 1.82) is 0 Å². The Bertz CT molecular complexity index is 577. The van der Waals surface area contributed by atoms with Gasteiger partial charge in [-0.1, -0.05) is 30.0 Å². The zero-order valence-electron chi connectivity index (χ0n) is 12.6. The number of benzene rings is 1. The van der Waals surface area contributed by atoms with Crippen LogP contribution in [0.2, 0.25) is 0 Å². The summed E-state index contributed by atoms with van der Waals surface area (Å²) in [5, 5.41) is 5.10. The largest absolute Gasteiger partial charge is 0.465 e. The summed E-state index contributed by atoms with van der Waals surface area (Å²) in [6.45, 7) is 3.79. The predicted octanol–water partition coefficient (Wildman–Crippen LogP) is 2.44. The molecule has 22 heavy (non-hydrogen) atoms. The van der Waals surface area contributed by atoms with Gasteiger partial charge in [-0.2, -0.15) is 5.10 Å². The summed E-state index contributed by atoms with van der Waals surface area (Å²) >= 11 is 1.45. The number of amides is 2. The Morgan fingerprint density at radius 2 is 2.09 bits per heavy atom. The van der Waals surface area contributed by atoms with Gasteiger partial charge in [0.05, 0.1) is 12.5 Å². The third-order valence-corrected chi connectivity index (χ3v) is 4.50. The number of ether oxygens (including phenoxy) is 1. The summed E-state index contributed by atoms with van der Waals surface area (Å²) in [7, 11) is 0. The maximum atomic E-state index is 12.0. The fourth-order valence-electron chi connectivity index (χ4n) is 2.23. The summed E-state index contributed by atoms with van der Waals surface area (Å²) in [4.78, 5) is 24.6. The lowest BCUT2D eigenvalue weighted by Gasteiger charge is -2.33. The van der Waals surface area contributed by atoms with E-state index in [0.29, 0.717) is 18.7 Å². The second-order valence-corrected chi connectivity index (χ2v) is 6.10. The topological polar surface area (TPSA) is 85.0 Å². The van der Waals surface area contributed by atoms with Crippen LogP contribution in [-0.2, 0) is 9.53 Å². The second-order valence-electron chi connectivity index (χ2n) is 4.85. The van der Waals surface area contributed by atoms with Crippen LogP contribution < -0.4 is 5.73 Å². The summed E-state index contributed by atoms with van der Waals surface area (Å²) in [5.74, 6) is -0.761. The molecule has 0 fully saturated rings. The molecule has 1 aliphatic heterocycles. The van der Waals surface area contributed by atoms with Crippen molar-refractivity contribution in [3.63, 3.8) is 0 Å². The van der Waals surface area contributed by atoms with Gasteiger partial charge in [-0.15, -0.1) is 0 Å². The Labute approximate surface area is 133 Å². The molecule has 2 N–H and O–H groups in total. The van der Waals surface area contributed by atoms with Crippen molar-refractivity contribution in [1.82, 2.24) is 5.01 Å². The summed E-state index contributed by atoms with van der Waals surface area (Å²) in [6.07, 6.45) is 0.427. The average Bonchev–Trinajstić information content (AvgIpc) is 2.49. The zero-order valence-corrected chi connectivity index (χ0v) is 13.4. The average molecular weight is 321 g/mol. The van der Waals surface area contributed by atoms with Gasteiger partial charge in [-0.05, 0) is 32.4 Å². The number of nitrogens with two attached hydrogens (primary N) is 1. The van der Waals surface area contributed by atoms with E-state index >= 15 is 0 Å². The molecule has 0 spiro atoms. The van der Waals surface area contributed by atoms with Crippen LogP contribution in [0.25, 0.3) is 0 Å². The lowest BCUT2D eigenvalue weighted by atomic mass is 9.99. The maximum Gasteiger partial charge on any atom is 0.336 e. The number of nitrogens with zero attached hydrogens (tertiary/aromatic N) is 2. The highest BCUT2D eigenvalue weighted by molar-refractivity contribution is 7.99. The number of rotatable bonds is 4. The Kier molecular flexibility index (Phi) is 5.43. The number of thioether (sulfide) groups is 1. The third kappa shape index (κ3) is 3.79. The van der Waals surface area contributed by atoms with Crippen LogP contribution in [0.1, 0.15) is 20.3 Å². The maximum absolute atomic E-state index is 12.0. The van der Waals surface area contributed by atoms with Gasteiger partial charge in [0, 0.05) is 10.6 Å². The van der Waals surface area contributed by atoms with Crippen LogP contribution in [0.4, 0.5) is 4.79 Å². The number of hydrogen-bond donors (Lipinski definition) is 1. The van der Waals surface area contributed by atoms with Crippen molar-refractivity contribution in [2.45, 2.75) is 30.5 Å². The van der Waals surface area contributed by atoms with Crippen molar-refractivity contribution in [2.24, 2.45) is 16.8 Å². The lowest BCUT2D eigenvalue weighted by Crippen LogP contribution is -2.46. The second kappa shape index (κ2) is 7.31. The third-order valence-electron chi connectivity index (χ3n) is 3.29. The highest BCUT2D eigenvalue weighted by Gasteiger charge is 2.36. The van der Waals surface area contributed by atoms with Crippen molar-refractivity contribution >= 4 is 29.5 Å². The van der Waals surface area contributed by atoms with Crippen molar-refractivity contribution < 1.29 is 14.3 Å². The number of urea groups is 1. The van der Waals surface area contributed by atoms with Crippen LogP contribution in [0.15, 0.2) is 40.3 Å². The molecule has 0 unspecified atom stereocenters. The van der Waals surface area contributed by atoms with Gasteiger partial charge >= 0.3 is 12.0 Å². The van der Waals surface area contributed by atoms with Gasteiger partial charge in [-0.3, -0.25) is 4.79 Å². The molecule has 0 aromatic heterocycles. The molecule has 7 heteroatoms. The molecular weight excluding hydrogens is 302 g/mol. The normalized spacial score (nSPS) is 21.2. The number of carbonyl (C=O) groups is 2. The molecule has 0 saturated heterocycles. The van der Waals surface area contributed by atoms with Crippen LogP contribution >= 0.6 is 11.8 Å². The highest BCUT2D eigenvalue weighted by Crippen LogP contribution is 2.34. The number of hydrazone groups is 1. The Morgan fingerprint density at radius 1 is 1.41 bits per heavy atom. The number of carbonyl (C=O) groups excluding carboxylic acids is 2. The molecule has 1 aliphatic rings. The number of primary amides is 1. The van der Waals surface area contributed by atoms with E-state index in [0.717, 1.165) is 4.90 Å². The summed E-state index contributed by atoms with van der Waals surface area (Å²) in [5.41, 5.74) is 5.95. The number of esters is 1. The first kappa shape index (κ1) is 16.4. The van der Waals surface area contributed by atoms with Crippen molar-refractivity contribution in [2.75, 3.05) is 6.61 Å². The first-order valence-electron chi connectivity index (χ1n) is 7.05. The van der Waals surface area contributed by atoms with Crippen molar-refractivity contribution in [3.05, 3.63) is 30.3 Å². The Morgan fingerprint density at radius 3 is 2.68 bits per heavy atom. The van der Waals surface area contributed by atoms with E-state index in [2.05, 4.69) is 5.10 Å². The molecular formula is C15H19N3O3S. The van der Waals surface area contributed by atoms with E-state index in [9.17, 15) is 9.59 Å². The van der Waals surface area contributed by atoms with Crippen LogP contribution in [0.3, 0.4) is 0 Å². The fraction of sp³-hybridized carbons (Fsp3) is 0.400. The molecule has 2 atom stereocenters. The van der Waals surface area contributed by atoms with E-state index < -0.39 is 11.9 Å². The molecule has 6 nitrogen and oxygen atoms in total. The van der Waals surface area contributed by atoms with E-state index in [4.69, 9.17) is 10.5 Å². The van der Waals surface area contributed by atoms with E-state index in [1.165, 1.54) is 16.8 Å². The standard InChI is InChI=1S/C15H19N3O3S/c1-3-21-14(19)12-9-13(18(15(16)20)17-10(12)2)22-11-7-5-4-6-8-11/h4-8,12-13H,3,9H2,1-2H3,(H2,16,20)/t12-,13+/m0/s1. The smallest absolute Gasteiger partial charge is 0.336 e. The minimum atomic E-state index is -0.630. The quantitative estimate of drug-likeness (QED) is 0.863. The van der Waals surface area contributed by atoms with E-state index in [1.807, 2.05) is 30.3 Å². The van der Waals surface area contributed by atoms with Gasteiger partial charge in [-0.25, -0.2) is 9.80 Å². The molecule has 0 aliphatic carbocycles. The molecule has 0 saturated carbocycles. The molecule has 118 valence electrons.